The van der Waals surface area contributed by atoms with E-state index in [2.05, 4.69) is 59.1 Å². The third-order valence-corrected chi connectivity index (χ3v) is 17.3. The summed E-state index contributed by atoms with van der Waals surface area (Å²) in [6, 6.07) is 2.46. The molecule has 4 saturated carbocycles. The van der Waals surface area contributed by atoms with Gasteiger partial charge in [-0.25, -0.2) is 13.6 Å². The molecule has 0 amide bonds. The maximum Gasteiger partial charge on any atom is 0.341 e. The van der Waals surface area contributed by atoms with Crippen LogP contribution >= 0.6 is 0 Å². The number of nitrogens with zero attached hydrogens (tertiary/aromatic N) is 1. The number of carboxylic acids is 1. The molecule has 1 aliphatic heterocycles. The number of carbonyl (C=O) groups is 2. The number of hydrogen-bond acceptors (Lipinski definition) is 3. The van der Waals surface area contributed by atoms with Gasteiger partial charge in [-0.15, -0.1) is 0 Å². The second-order valence-corrected chi connectivity index (χ2v) is 19.8. The standard InChI is InChI=1S/C46H65F2NO3/c1-29(2)31-16-21-46(38(50)13-9-12-26-49-24-10-8-11-25-49)23-22-44(6)33(40(31)46)14-15-37-43(5)19-17-32(42(3,4)36(43)18-20-45(37,44)7)30-27-34(47)39(41(51)52)35(48)28-30/h17,27-28,31,33,36-37,40H,1,8-16,18-26H2,2-7H3,(H,51,52)/t31-,33+,36-,37+,40+,43-,44+,45+,46+/m0/s1. The van der Waals surface area contributed by atoms with Crippen LogP contribution in [0.1, 0.15) is 154 Å². The number of ketones is 1. The van der Waals surface area contributed by atoms with Gasteiger partial charge >= 0.3 is 5.97 Å². The first-order valence-electron chi connectivity index (χ1n) is 20.9. The summed E-state index contributed by atoms with van der Waals surface area (Å²) in [6.07, 6.45) is 18.7. The smallest absolute Gasteiger partial charge is 0.341 e. The average molecular weight is 718 g/mol. The third-order valence-electron chi connectivity index (χ3n) is 17.3. The Balaban J connectivity index is 1.15. The van der Waals surface area contributed by atoms with E-state index in [1.165, 1.54) is 50.1 Å². The molecule has 0 bridgehead atoms. The van der Waals surface area contributed by atoms with Crippen LogP contribution in [0, 0.1) is 68.3 Å². The van der Waals surface area contributed by atoms with Crippen molar-refractivity contribution in [3.8, 4) is 0 Å². The maximum atomic E-state index is 15.0. The van der Waals surface area contributed by atoms with E-state index in [1.807, 2.05) is 0 Å². The predicted molar refractivity (Wildman–Crippen MR) is 205 cm³/mol. The van der Waals surface area contributed by atoms with E-state index >= 15 is 0 Å². The Hall–Kier alpha value is -2.34. The van der Waals surface area contributed by atoms with Gasteiger partial charge in [0.15, 0.2) is 0 Å². The molecule has 0 spiro atoms. The van der Waals surface area contributed by atoms with Crippen LogP contribution in [0.5, 0.6) is 0 Å². The molecule has 1 aromatic carbocycles. The molecule has 1 aromatic rings. The zero-order chi connectivity index (χ0) is 37.4. The van der Waals surface area contributed by atoms with Crippen molar-refractivity contribution < 1.29 is 23.5 Å². The molecule has 5 aliphatic carbocycles. The van der Waals surface area contributed by atoms with Crippen LogP contribution in [0.3, 0.4) is 0 Å². The van der Waals surface area contributed by atoms with Gasteiger partial charge in [-0.1, -0.05) is 59.3 Å². The minimum absolute atomic E-state index is 0.0220. The fourth-order valence-corrected chi connectivity index (χ4v) is 14.7. The zero-order valence-corrected chi connectivity index (χ0v) is 33.0. The fourth-order valence-electron chi connectivity index (χ4n) is 14.7. The normalized spacial score (nSPS) is 39.8. The highest BCUT2D eigenvalue weighted by atomic mass is 19.1. The molecule has 9 atom stereocenters. The van der Waals surface area contributed by atoms with Crippen molar-refractivity contribution >= 4 is 17.3 Å². The Morgan fingerprint density at radius 1 is 0.865 bits per heavy atom. The van der Waals surface area contributed by atoms with E-state index in [0.29, 0.717) is 40.9 Å². The van der Waals surface area contributed by atoms with Crippen molar-refractivity contribution in [1.82, 2.24) is 4.90 Å². The van der Waals surface area contributed by atoms with Crippen LogP contribution in [-0.4, -0.2) is 41.4 Å². The second-order valence-electron chi connectivity index (χ2n) is 19.8. The third kappa shape index (κ3) is 5.64. The van der Waals surface area contributed by atoms with Gasteiger partial charge in [0, 0.05) is 11.8 Å². The monoisotopic (exact) mass is 717 g/mol. The lowest BCUT2D eigenvalue weighted by atomic mass is 9.32. The number of rotatable bonds is 9. The van der Waals surface area contributed by atoms with Crippen LogP contribution in [0.4, 0.5) is 8.78 Å². The van der Waals surface area contributed by atoms with Crippen molar-refractivity contribution in [2.45, 2.75) is 138 Å². The molecule has 0 aromatic heterocycles. The minimum atomic E-state index is -1.58. The highest BCUT2D eigenvalue weighted by molar-refractivity contribution is 5.89. The number of piperidine rings is 1. The predicted octanol–water partition coefficient (Wildman–Crippen LogP) is 11.5. The van der Waals surface area contributed by atoms with E-state index < -0.39 is 23.2 Å². The van der Waals surface area contributed by atoms with Crippen LogP contribution in [0.15, 0.2) is 30.4 Å². The number of benzene rings is 1. The molecule has 286 valence electrons. The highest BCUT2D eigenvalue weighted by Crippen LogP contribution is 2.78. The first-order chi connectivity index (χ1) is 24.5. The molecule has 4 nitrogen and oxygen atoms in total. The number of unbranched alkanes of at least 4 members (excludes halogenated alkanes) is 1. The van der Waals surface area contributed by atoms with E-state index in [-0.39, 0.29) is 27.1 Å². The first-order valence-corrected chi connectivity index (χ1v) is 20.9. The van der Waals surface area contributed by atoms with Crippen molar-refractivity contribution in [3.05, 3.63) is 53.1 Å². The summed E-state index contributed by atoms with van der Waals surface area (Å²) in [5.74, 6) is -0.919. The fraction of sp³-hybridized carbons (Fsp3) is 0.739. The number of allylic oxidation sites excluding steroid dienone is 3. The van der Waals surface area contributed by atoms with Crippen molar-refractivity contribution in [2.75, 3.05) is 19.6 Å². The molecular weight excluding hydrogens is 653 g/mol. The molecule has 52 heavy (non-hydrogen) atoms. The summed E-state index contributed by atoms with van der Waals surface area (Å²) >= 11 is 0. The molecule has 1 N–H and O–H groups in total. The molecule has 1 saturated heterocycles. The number of fused-ring (bicyclic) bond motifs is 7. The van der Waals surface area contributed by atoms with Crippen LogP contribution in [-0.2, 0) is 4.79 Å². The molecule has 6 aliphatic rings. The van der Waals surface area contributed by atoms with Gasteiger partial charge in [0.05, 0.1) is 0 Å². The van der Waals surface area contributed by atoms with Gasteiger partial charge in [-0.3, -0.25) is 4.79 Å². The Morgan fingerprint density at radius 2 is 1.56 bits per heavy atom. The lowest BCUT2D eigenvalue weighted by molar-refractivity contribution is -0.224. The van der Waals surface area contributed by atoms with E-state index in [4.69, 9.17) is 0 Å². The average Bonchev–Trinajstić information content (AvgIpc) is 3.48. The van der Waals surface area contributed by atoms with Crippen LogP contribution in [0.25, 0.3) is 5.57 Å². The number of likely N-dealkylation sites (tertiary alicyclic amines) is 1. The van der Waals surface area contributed by atoms with Gasteiger partial charge in [-0.2, -0.15) is 0 Å². The minimum Gasteiger partial charge on any atom is -0.477 e. The SMILES string of the molecule is C=C(C)[C@@H]1CC[C@]2(C(=O)CCCCN3CCCCC3)CC[C@]3(C)[C@H](CC[C@@H]4[C@@]5(C)CC=C(c6cc(F)c(C(=O)O)c(F)c6)C(C)(C)[C@@H]5CC[C@]43C)[C@@H]12. The highest BCUT2D eigenvalue weighted by Gasteiger charge is 2.71. The number of carbonyl (C=O) groups excluding carboxylic acids is 1. The largest absolute Gasteiger partial charge is 0.477 e. The van der Waals surface area contributed by atoms with Crippen molar-refractivity contribution in [1.29, 1.82) is 0 Å². The van der Waals surface area contributed by atoms with Crippen LogP contribution in [0.2, 0.25) is 0 Å². The lowest BCUT2D eigenvalue weighted by Gasteiger charge is -2.72. The van der Waals surface area contributed by atoms with E-state index in [0.717, 1.165) is 89.2 Å². The zero-order valence-electron chi connectivity index (χ0n) is 33.0. The van der Waals surface area contributed by atoms with Crippen molar-refractivity contribution in [3.63, 3.8) is 0 Å². The lowest BCUT2D eigenvalue weighted by Crippen LogP contribution is -2.65. The summed E-state index contributed by atoms with van der Waals surface area (Å²) in [5, 5.41) is 9.38. The second kappa shape index (κ2) is 13.4. The Labute approximate surface area is 312 Å². The molecule has 0 radical (unpaired) electrons. The van der Waals surface area contributed by atoms with Gasteiger partial charge in [0.1, 0.15) is 23.0 Å². The molecule has 7 rings (SSSR count). The number of carboxylic acid groups (broad SMARTS) is 1. The van der Waals surface area contributed by atoms with Gasteiger partial charge in [0.2, 0.25) is 0 Å². The number of halogens is 2. The summed E-state index contributed by atoms with van der Waals surface area (Å²) in [4.78, 5) is 28.7. The molecule has 6 heteroatoms. The van der Waals surface area contributed by atoms with Gasteiger partial charge in [-0.05, 0) is 185 Å². The topological polar surface area (TPSA) is 57.6 Å². The molecule has 0 unspecified atom stereocenters. The van der Waals surface area contributed by atoms with E-state index in [1.54, 1.807) is 0 Å². The summed E-state index contributed by atoms with van der Waals surface area (Å²) in [7, 11) is 0. The molecular formula is C46H65F2NO3. The maximum absolute atomic E-state index is 15.0. The summed E-state index contributed by atoms with van der Waals surface area (Å²) < 4.78 is 29.9. The van der Waals surface area contributed by atoms with E-state index in [9.17, 15) is 23.5 Å². The number of hydrogen-bond donors (Lipinski definition) is 1. The first kappa shape index (κ1) is 38.0. The summed E-state index contributed by atoms with van der Waals surface area (Å²) in [5.41, 5.74) is 1.50. The Bertz CT molecular complexity index is 1620. The Morgan fingerprint density at radius 3 is 2.21 bits per heavy atom. The Kier molecular flexibility index (Phi) is 9.82. The van der Waals surface area contributed by atoms with Crippen LogP contribution < -0.4 is 0 Å². The molecule has 1 heterocycles. The van der Waals surface area contributed by atoms with Gasteiger partial charge in [0.25, 0.3) is 0 Å². The quantitative estimate of drug-likeness (QED) is 0.204. The molecule has 5 fully saturated rings. The van der Waals surface area contributed by atoms with Crippen molar-refractivity contribution in [2.24, 2.45) is 56.7 Å². The van der Waals surface area contributed by atoms with Gasteiger partial charge < -0.3 is 10.0 Å². The number of Topliss-reactive ketones (excluding diaryl/α,β-unsaturated/α-hetero) is 1. The number of aromatic carboxylic acids is 1. The summed E-state index contributed by atoms with van der Waals surface area (Å²) in [6.45, 7) is 22.5.